The van der Waals surface area contributed by atoms with Crippen LogP contribution in [-0.4, -0.2) is 9.78 Å². The molecule has 0 bridgehead atoms. The minimum Gasteiger partial charge on any atom is -0.327 e. The predicted molar refractivity (Wildman–Crippen MR) is 52.9 cm³/mol. The minimum absolute atomic E-state index is 0.0821. The highest BCUT2D eigenvalue weighted by Crippen LogP contribution is 2.14. The maximum absolute atomic E-state index is 5.28. The van der Waals surface area contributed by atoms with Gasteiger partial charge in [0.2, 0.25) is 0 Å². The summed E-state index contributed by atoms with van der Waals surface area (Å²) in [6, 6.07) is 2.11. The zero-order valence-electron chi connectivity index (χ0n) is 8.33. The van der Waals surface area contributed by atoms with Crippen LogP contribution in [0, 0.1) is 13.8 Å². The fraction of sp³-hybridized carbons (Fsp3) is 0.444. The minimum atomic E-state index is 0.0821. The number of rotatable bonds is 3. The number of hydrogen-bond donors (Lipinski definition) is 2. The second-order valence-electron chi connectivity index (χ2n) is 3.22. The molecule has 0 radical (unpaired) electrons. The Morgan fingerprint density at radius 1 is 1.69 bits per heavy atom. The van der Waals surface area contributed by atoms with Crippen molar-refractivity contribution in [1.82, 2.24) is 15.2 Å². The quantitative estimate of drug-likeness (QED) is 0.539. The molecule has 0 spiro atoms. The van der Waals surface area contributed by atoms with E-state index in [0.717, 1.165) is 17.1 Å². The van der Waals surface area contributed by atoms with E-state index < -0.39 is 0 Å². The number of nitrogens with two attached hydrogens (primary N) is 1. The molecule has 0 saturated heterocycles. The number of nitrogens with zero attached hydrogens (tertiary/aromatic N) is 2. The van der Waals surface area contributed by atoms with E-state index in [1.54, 1.807) is 0 Å². The zero-order chi connectivity index (χ0) is 10.0. The molecule has 1 heterocycles. The largest absolute Gasteiger partial charge is 0.327 e. The lowest BCUT2D eigenvalue weighted by Crippen LogP contribution is -2.27. The molecular formula is C9H16N4. The van der Waals surface area contributed by atoms with E-state index in [4.69, 9.17) is 5.84 Å². The smallest absolute Gasteiger partial charge is 0.0896 e. The predicted octanol–water partition coefficient (Wildman–Crippen LogP) is 1.04. The van der Waals surface area contributed by atoms with Gasteiger partial charge in [-0.05, 0) is 26.8 Å². The Morgan fingerprint density at radius 2 is 2.31 bits per heavy atom. The van der Waals surface area contributed by atoms with Crippen molar-refractivity contribution >= 4 is 0 Å². The van der Waals surface area contributed by atoms with Crippen molar-refractivity contribution < 1.29 is 0 Å². The van der Waals surface area contributed by atoms with E-state index >= 15 is 0 Å². The van der Waals surface area contributed by atoms with Gasteiger partial charge in [-0.15, -0.1) is 0 Å². The van der Waals surface area contributed by atoms with Gasteiger partial charge in [-0.3, -0.25) is 10.5 Å². The number of aryl methyl sites for hydroxylation is 2. The van der Waals surface area contributed by atoms with Crippen LogP contribution < -0.4 is 11.3 Å². The van der Waals surface area contributed by atoms with Gasteiger partial charge < -0.3 is 5.43 Å². The summed E-state index contributed by atoms with van der Waals surface area (Å²) in [5, 5.41) is 4.34. The molecule has 1 atom stereocenters. The summed E-state index contributed by atoms with van der Waals surface area (Å²) in [5.41, 5.74) is 5.42. The maximum Gasteiger partial charge on any atom is 0.0896 e. The van der Waals surface area contributed by atoms with E-state index in [1.807, 2.05) is 31.5 Å². The van der Waals surface area contributed by atoms with Gasteiger partial charge in [0.1, 0.15) is 0 Å². The third kappa shape index (κ3) is 1.89. The molecular weight excluding hydrogens is 164 g/mol. The molecule has 1 aromatic heterocycles. The number of allylic oxidation sites excluding steroid dienone is 1. The van der Waals surface area contributed by atoms with Gasteiger partial charge >= 0.3 is 0 Å². The first-order valence-electron chi connectivity index (χ1n) is 4.24. The van der Waals surface area contributed by atoms with Gasteiger partial charge in [-0.2, -0.15) is 5.10 Å². The lowest BCUT2D eigenvalue weighted by molar-refractivity contribution is 0.510. The van der Waals surface area contributed by atoms with Crippen LogP contribution in [0.25, 0.3) is 0 Å². The Morgan fingerprint density at radius 3 is 2.69 bits per heavy atom. The van der Waals surface area contributed by atoms with Crippen LogP contribution in [0.5, 0.6) is 0 Å². The molecule has 4 heteroatoms. The van der Waals surface area contributed by atoms with Crippen LogP contribution in [0.1, 0.15) is 24.4 Å². The summed E-state index contributed by atoms with van der Waals surface area (Å²) in [4.78, 5) is 0. The maximum atomic E-state index is 5.28. The van der Waals surface area contributed by atoms with Crippen LogP contribution in [0.3, 0.4) is 0 Å². The number of hydrogen-bond acceptors (Lipinski definition) is 3. The van der Waals surface area contributed by atoms with Crippen molar-refractivity contribution in [3.8, 4) is 0 Å². The summed E-state index contributed by atoms with van der Waals surface area (Å²) < 4.78 is 1.90. The van der Waals surface area contributed by atoms with E-state index in [1.165, 1.54) is 0 Å². The Hall–Kier alpha value is -1.29. The molecule has 1 unspecified atom stereocenters. The standard InChI is InChI=1S/C9H16N4/c1-6-5-7(2)13(12-6)9(4)8(3)11-10/h5,9,11H,3,10H2,1-2,4H3. The molecule has 0 aliphatic heterocycles. The summed E-state index contributed by atoms with van der Waals surface area (Å²) in [7, 11) is 0. The molecule has 13 heavy (non-hydrogen) atoms. The molecule has 72 valence electrons. The molecule has 1 aromatic rings. The highest BCUT2D eigenvalue weighted by atomic mass is 15.3. The van der Waals surface area contributed by atoms with Gasteiger partial charge in [0.15, 0.2) is 0 Å². The summed E-state index contributed by atoms with van der Waals surface area (Å²) >= 11 is 0. The molecule has 0 amide bonds. The third-order valence-electron chi connectivity index (χ3n) is 2.10. The second kappa shape index (κ2) is 3.62. The first-order chi connectivity index (χ1) is 6.06. The van der Waals surface area contributed by atoms with Crippen molar-refractivity contribution in [1.29, 1.82) is 0 Å². The van der Waals surface area contributed by atoms with Gasteiger partial charge in [-0.25, -0.2) is 0 Å². The number of nitrogens with one attached hydrogen (secondary N) is 1. The van der Waals surface area contributed by atoms with E-state index in [9.17, 15) is 0 Å². The average molecular weight is 180 g/mol. The molecule has 4 nitrogen and oxygen atoms in total. The SMILES string of the molecule is C=C(NN)C(C)n1nc(C)cc1C. The first-order valence-corrected chi connectivity index (χ1v) is 4.24. The van der Waals surface area contributed by atoms with Crippen LogP contribution in [0.2, 0.25) is 0 Å². The van der Waals surface area contributed by atoms with Gasteiger partial charge in [0, 0.05) is 11.4 Å². The third-order valence-corrected chi connectivity index (χ3v) is 2.10. The summed E-state index contributed by atoms with van der Waals surface area (Å²) in [5.74, 6) is 5.28. The number of aromatic nitrogens is 2. The fourth-order valence-corrected chi connectivity index (χ4v) is 1.31. The van der Waals surface area contributed by atoms with Crippen molar-refractivity contribution in [3.63, 3.8) is 0 Å². The second-order valence-corrected chi connectivity index (χ2v) is 3.22. The van der Waals surface area contributed by atoms with Crippen molar-refractivity contribution in [2.75, 3.05) is 0 Å². The lowest BCUT2D eigenvalue weighted by atomic mass is 10.2. The topological polar surface area (TPSA) is 55.9 Å². The van der Waals surface area contributed by atoms with Crippen LogP contribution >= 0.6 is 0 Å². The molecule has 0 aliphatic rings. The van der Waals surface area contributed by atoms with Gasteiger partial charge in [0.25, 0.3) is 0 Å². The van der Waals surface area contributed by atoms with Crippen molar-refractivity contribution in [3.05, 3.63) is 29.7 Å². The Bertz CT molecular complexity index is 313. The van der Waals surface area contributed by atoms with Crippen LogP contribution in [0.15, 0.2) is 18.3 Å². The molecule has 0 aliphatic carbocycles. The first kappa shape index (κ1) is 9.80. The lowest BCUT2D eigenvalue weighted by Gasteiger charge is -2.16. The van der Waals surface area contributed by atoms with Crippen molar-refractivity contribution in [2.45, 2.75) is 26.8 Å². The Balaban J connectivity index is 2.94. The Labute approximate surface area is 78.4 Å². The van der Waals surface area contributed by atoms with Crippen molar-refractivity contribution in [2.24, 2.45) is 5.84 Å². The summed E-state index contributed by atoms with van der Waals surface area (Å²) in [6.07, 6.45) is 0. The van der Waals surface area contributed by atoms with E-state index in [-0.39, 0.29) is 6.04 Å². The molecule has 0 aromatic carbocycles. The zero-order valence-corrected chi connectivity index (χ0v) is 8.33. The normalized spacial score (nSPS) is 12.6. The molecule has 3 N–H and O–H groups in total. The molecule has 1 rings (SSSR count). The van der Waals surface area contributed by atoms with E-state index in [0.29, 0.717) is 0 Å². The average Bonchev–Trinajstić information content (AvgIpc) is 2.42. The fourth-order valence-electron chi connectivity index (χ4n) is 1.31. The number of hydrazine groups is 1. The van der Waals surface area contributed by atoms with Gasteiger partial charge in [0.05, 0.1) is 11.7 Å². The van der Waals surface area contributed by atoms with Crippen LogP contribution in [-0.2, 0) is 0 Å². The van der Waals surface area contributed by atoms with E-state index in [2.05, 4.69) is 17.1 Å². The highest BCUT2D eigenvalue weighted by Gasteiger charge is 2.11. The Kier molecular flexibility index (Phi) is 2.72. The van der Waals surface area contributed by atoms with Gasteiger partial charge in [-0.1, -0.05) is 6.58 Å². The molecule has 0 saturated carbocycles. The highest BCUT2D eigenvalue weighted by molar-refractivity contribution is 5.11. The monoisotopic (exact) mass is 180 g/mol. The van der Waals surface area contributed by atoms with Crippen LogP contribution in [0.4, 0.5) is 0 Å². The summed E-state index contributed by atoms with van der Waals surface area (Å²) in [6.45, 7) is 9.79. The molecule has 0 fully saturated rings.